The first kappa shape index (κ1) is 10.4. The Morgan fingerprint density at radius 1 is 1.29 bits per heavy atom. The molecule has 1 aliphatic carbocycles. The van der Waals surface area contributed by atoms with E-state index in [2.05, 4.69) is 17.1 Å². The van der Waals surface area contributed by atoms with Gasteiger partial charge in [0.2, 0.25) is 0 Å². The van der Waals surface area contributed by atoms with Crippen LogP contribution in [0, 0.1) is 5.92 Å². The third kappa shape index (κ3) is 2.71. The molecule has 0 radical (unpaired) electrons. The van der Waals surface area contributed by atoms with E-state index in [1.54, 1.807) is 0 Å². The number of nitrogens with zero attached hydrogens (tertiary/aromatic N) is 1. The molecule has 0 aromatic rings. The maximum absolute atomic E-state index is 3.45. The molecule has 1 N–H and O–H groups in total. The molecule has 0 aromatic heterocycles. The second-order valence-electron chi connectivity index (χ2n) is 5.03. The minimum Gasteiger partial charge on any atom is -0.314 e. The van der Waals surface area contributed by atoms with E-state index in [0.717, 1.165) is 12.0 Å². The van der Waals surface area contributed by atoms with Crippen molar-refractivity contribution in [3.63, 3.8) is 0 Å². The average Bonchev–Trinajstić information content (AvgIpc) is 2.69. The van der Waals surface area contributed by atoms with E-state index in [1.165, 1.54) is 58.3 Å². The summed E-state index contributed by atoms with van der Waals surface area (Å²) < 4.78 is 0. The maximum Gasteiger partial charge on any atom is 0.0192 e. The summed E-state index contributed by atoms with van der Waals surface area (Å²) in [5.41, 5.74) is 0. The van der Waals surface area contributed by atoms with Gasteiger partial charge in [-0.05, 0) is 25.8 Å². The summed E-state index contributed by atoms with van der Waals surface area (Å²) in [5.74, 6) is 1.05. The van der Waals surface area contributed by atoms with E-state index in [4.69, 9.17) is 0 Å². The van der Waals surface area contributed by atoms with Gasteiger partial charge in [-0.1, -0.05) is 25.7 Å². The Morgan fingerprint density at radius 2 is 2.07 bits per heavy atom. The van der Waals surface area contributed by atoms with Crippen LogP contribution in [0.25, 0.3) is 0 Å². The second kappa shape index (κ2) is 5.13. The topological polar surface area (TPSA) is 15.3 Å². The van der Waals surface area contributed by atoms with Crippen LogP contribution < -0.4 is 5.32 Å². The molecule has 14 heavy (non-hydrogen) atoms. The van der Waals surface area contributed by atoms with Crippen molar-refractivity contribution in [2.45, 2.75) is 45.1 Å². The van der Waals surface area contributed by atoms with Gasteiger partial charge >= 0.3 is 0 Å². The normalized spacial score (nSPS) is 31.1. The number of rotatable bonds is 3. The Hall–Kier alpha value is -0.0800. The van der Waals surface area contributed by atoms with Gasteiger partial charge in [-0.3, -0.25) is 4.90 Å². The minimum atomic E-state index is 0.755. The van der Waals surface area contributed by atoms with E-state index >= 15 is 0 Å². The molecule has 0 spiro atoms. The van der Waals surface area contributed by atoms with E-state index in [9.17, 15) is 0 Å². The van der Waals surface area contributed by atoms with Gasteiger partial charge in [0.15, 0.2) is 0 Å². The van der Waals surface area contributed by atoms with Crippen LogP contribution >= 0.6 is 0 Å². The summed E-state index contributed by atoms with van der Waals surface area (Å²) in [6.45, 7) is 7.32. The fourth-order valence-corrected chi connectivity index (χ4v) is 2.86. The lowest BCUT2D eigenvalue weighted by atomic mass is 10.0. The molecule has 1 heterocycles. The highest BCUT2D eigenvalue weighted by Gasteiger charge is 2.20. The maximum atomic E-state index is 3.45. The van der Waals surface area contributed by atoms with Gasteiger partial charge < -0.3 is 5.32 Å². The first-order valence-electron chi connectivity index (χ1n) is 6.31. The summed E-state index contributed by atoms with van der Waals surface area (Å²) in [4.78, 5) is 2.66. The van der Waals surface area contributed by atoms with Gasteiger partial charge in [-0.15, -0.1) is 0 Å². The lowest BCUT2D eigenvalue weighted by Gasteiger charge is -2.34. The Morgan fingerprint density at radius 3 is 2.79 bits per heavy atom. The molecule has 2 heteroatoms. The summed E-state index contributed by atoms with van der Waals surface area (Å²) in [7, 11) is 0. The SMILES string of the molecule is C[C@H]1CNCCN1CCC1CCCC1. The van der Waals surface area contributed by atoms with Crippen LogP contribution in [0.2, 0.25) is 0 Å². The summed E-state index contributed by atoms with van der Waals surface area (Å²) in [6.07, 6.45) is 7.43. The van der Waals surface area contributed by atoms with Gasteiger partial charge in [0, 0.05) is 25.7 Å². The molecular weight excluding hydrogens is 172 g/mol. The molecule has 1 saturated heterocycles. The third-order valence-corrected chi connectivity index (χ3v) is 3.94. The smallest absolute Gasteiger partial charge is 0.0192 e. The van der Waals surface area contributed by atoms with Crippen LogP contribution in [0.1, 0.15) is 39.0 Å². The molecule has 1 aliphatic heterocycles. The largest absolute Gasteiger partial charge is 0.314 e. The van der Waals surface area contributed by atoms with Crippen LogP contribution in [-0.4, -0.2) is 37.1 Å². The van der Waals surface area contributed by atoms with Gasteiger partial charge in [0.05, 0.1) is 0 Å². The van der Waals surface area contributed by atoms with Crippen LogP contribution in [0.15, 0.2) is 0 Å². The van der Waals surface area contributed by atoms with E-state index in [1.807, 2.05) is 0 Å². The fourth-order valence-electron chi connectivity index (χ4n) is 2.86. The molecule has 2 fully saturated rings. The molecule has 82 valence electrons. The van der Waals surface area contributed by atoms with Crippen molar-refractivity contribution in [1.29, 1.82) is 0 Å². The van der Waals surface area contributed by atoms with E-state index < -0.39 is 0 Å². The average molecular weight is 196 g/mol. The molecule has 0 bridgehead atoms. The standard InChI is InChI=1S/C12H24N2/c1-11-10-13-7-9-14(11)8-6-12-4-2-3-5-12/h11-13H,2-10H2,1H3/t11-/m0/s1. The van der Waals surface area contributed by atoms with Gasteiger partial charge in [0.25, 0.3) is 0 Å². The molecule has 2 rings (SSSR count). The van der Waals surface area contributed by atoms with E-state index in [-0.39, 0.29) is 0 Å². The Labute approximate surface area is 88.1 Å². The van der Waals surface area contributed by atoms with Crippen molar-refractivity contribution in [2.75, 3.05) is 26.2 Å². The summed E-state index contributed by atoms with van der Waals surface area (Å²) in [5, 5.41) is 3.45. The van der Waals surface area contributed by atoms with Crippen molar-refractivity contribution in [3.05, 3.63) is 0 Å². The Kier molecular flexibility index (Phi) is 3.82. The first-order chi connectivity index (χ1) is 6.86. The number of piperazine rings is 1. The van der Waals surface area contributed by atoms with Crippen molar-refractivity contribution >= 4 is 0 Å². The molecule has 1 atom stereocenters. The molecule has 0 aromatic carbocycles. The van der Waals surface area contributed by atoms with Crippen molar-refractivity contribution in [2.24, 2.45) is 5.92 Å². The molecule has 2 aliphatic rings. The van der Waals surface area contributed by atoms with Crippen LogP contribution in [0.5, 0.6) is 0 Å². The van der Waals surface area contributed by atoms with Gasteiger partial charge in [-0.25, -0.2) is 0 Å². The van der Waals surface area contributed by atoms with E-state index in [0.29, 0.717) is 0 Å². The zero-order valence-electron chi connectivity index (χ0n) is 9.47. The van der Waals surface area contributed by atoms with Crippen LogP contribution in [0.4, 0.5) is 0 Å². The zero-order chi connectivity index (χ0) is 9.80. The minimum absolute atomic E-state index is 0.755. The van der Waals surface area contributed by atoms with Crippen molar-refractivity contribution in [1.82, 2.24) is 10.2 Å². The highest BCUT2D eigenvalue weighted by atomic mass is 15.2. The highest BCUT2D eigenvalue weighted by molar-refractivity contribution is 4.77. The molecule has 2 nitrogen and oxygen atoms in total. The molecule has 0 unspecified atom stereocenters. The predicted octanol–water partition coefficient (Wildman–Crippen LogP) is 1.86. The lowest BCUT2D eigenvalue weighted by Crippen LogP contribution is -2.50. The number of hydrogen-bond donors (Lipinski definition) is 1. The number of hydrogen-bond acceptors (Lipinski definition) is 2. The Balaban J connectivity index is 1.67. The third-order valence-electron chi connectivity index (χ3n) is 3.94. The molecule has 1 saturated carbocycles. The lowest BCUT2D eigenvalue weighted by molar-refractivity contribution is 0.163. The van der Waals surface area contributed by atoms with Crippen LogP contribution in [0.3, 0.4) is 0 Å². The second-order valence-corrected chi connectivity index (χ2v) is 5.03. The summed E-state index contributed by atoms with van der Waals surface area (Å²) >= 11 is 0. The quantitative estimate of drug-likeness (QED) is 0.741. The highest BCUT2D eigenvalue weighted by Crippen LogP contribution is 2.27. The van der Waals surface area contributed by atoms with Crippen LogP contribution in [-0.2, 0) is 0 Å². The molecule has 0 amide bonds. The summed E-state index contributed by atoms with van der Waals surface area (Å²) in [6, 6.07) is 0.755. The predicted molar refractivity (Wildman–Crippen MR) is 60.5 cm³/mol. The number of nitrogens with one attached hydrogen (secondary N) is 1. The monoisotopic (exact) mass is 196 g/mol. The Bertz CT molecular complexity index is 164. The zero-order valence-corrected chi connectivity index (χ0v) is 9.47. The first-order valence-corrected chi connectivity index (χ1v) is 6.31. The fraction of sp³-hybridized carbons (Fsp3) is 1.00. The molecular formula is C12H24N2. The van der Waals surface area contributed by atoms with Gasteiger partial charge in [0.1, 0.15) is 0 Å². The van der Waals surface area contributed by atoms with Crippen molar-refractivity contribution < 1.29 is 0 Å². The van der Waals surface area contributed by atoms with Gasteiger partial charge in [-0.2, -0.15) is 0 Å². The van der Waals surface area contributed by atoms with Crippen molar-refractivity contribution in [3.8, 4) is 0 Å².